The first kappa shape index (κ1) is 19.0. The van der Waals surface area contributed by atoms with Crippen LogP contribution >= 0.6 is 27.5 Å². The highest BCUT2D eigenvalue weighted by molar-refractivity contribution is 9.10. The molecule has 0 aromatic heterocycles. The molecule has 0 aliphatic carbocycles. The molecule has 24 heavy (non-hydrogen) atoms. The molecule has 1 unspecified atom stereocenters. The smallest absolute Gasteiger partial charge is 0.410 e. The average molecular weight is 422 g/mol. The summed E-state index contributed by atoms with van der Waals surface area (Å²) in [5, 5.41) is 2.98. The first-order valence-corrected chi connectivity index (χ1v) is 8.67. The lowest BCUT2D eigenvalue weighted by molar-refractivity contribution is 0.0290. The van der Waals surface area contributed by atoms with E-state index in [1.807, 2.05) is 0 Å². The lowest BCUT2D eigenvalue weighted by atomic mass is 10.1. The Morgan fingerprint density at radius 2 is 2.08 bits per heavy atom. The summed E-state index contributed by atoms with van der Waals surface area (Å²) < 4.78 is 19.6. The third-order valence-corrected chi connectivity index (χ3v) is 4.63. The molecule has 0 bridgehead atoms. The number of halogens is 3. The summed E-state index contributed by atoms with van der Waals surface area (Å²) in [6.07, 6.45) is 0.161. The quantitative estimate of drug-likeness (QED) is 0.735. The van der Waals surface area contributed by atoms with Crippen molar-refractivity contribution < 1.29 is 18.7 Å². The van der Waals surface area contributed by atoms with Crippen molar-refractivity contribution >= 4 is 39.5 Å². The molecule has 8 heteroatoms. The van der Waals surface area contributed by atoms with Crippen LogP contribution in [0.25, 0.3) is 0 Å². The van der Waals surface area contributed by atoms with Crippen LogP contribution in [0.1, 0.15) is 37.6 Å². The van der Waals surface area contributed by atoms with Crippen molar-refractivity contribution in [2.45, 2.75) is 38.8 Å². The van der Waals surface area contributed by atoms with Gasteiger partial charge in [-0.1, -0.05) is 11.6 Å². The van der Waals surface area contributed by atoms with Gasteiger partial charge >= 0.3 is 6.09 Å². The molecule has 1 aliphatic rings. The van der Waals surface area contributed by atoms with Gasteiger partial charge in [-0.2, -0.15) is 0 Å². The van der Waals surface area contributed by atoms with Gasteiger partial charge in [-0.25, -0.2) is 9.18 Å². The maximum absolute atomic E-state index is 13.9. The van der Waals surface area contributed by atoms with E-state index in [1.54, 1.807) is 20.8 Å². The maximum Gasteiger partial charge on any atom is 0.410 e. The van der Waals surface area contributed by atoms with Crippen LogP contribution in [-0.4, -0.2) is 41.6 Å². The van der Waals surface area contributed by atoms with Gasteiger partial charge in [0.1, 0.15) is 11.4 Å². The van der Waals surface area contributed by atoms with Gasteiger partial charge in [0.05, 0.1) is 10.6 Å². The first-order valence-electron chi connectivity index (χ1n) is 7.50. The molecule has 5 nitrogen and oxygen atoms in total. The third kappa shape index (κ3) is 4.83. The number of amides is 2. The molecule has 1 fully saturated rings. The highest BCUT2D eigenvalue weighted by Crippen LogP contribution is 2.26. The number of carbonyl (C=O) groups excluding carboxylic acids is 2. The minimum atomic E-state index is -0.661. The van der Waals surface area contributed by atoms with Crippen LogP contribution in [0.5, 0.6) is 0 Å². The second-order valence-electron chi connectivity index (χ2n) is 6.63. The maximum atomic E-state index is 13.9. The number of benzene rings is 1. The summed E-state index contributed by atoms with van der Waals surface area (Å²) in [4.78, 5) is 25.8. The zero-order valence-corrected chi connectivity index (χ0v) is 16.0. The van der Waals surface area contributed by atoms with Crippen molar-refractivity contribution in [1.29, 1.82) is 0 Å². The molecule has 1 aromatic rings. The number of hydrogen-bond donors (Lipinski definition) is 1. The number of likely N-dealkylation sites (tertiary alicyclic amines) is 1. The van der Waals surface area contributed by atoms with E-state index in [0.717, 1.165) is 6.07 Å². The van der Waals surface area contributed by atoms with Crippen molar-refractivity contribution in [3.8, 4) is 0 Å². The van der Waals surface area contributed by atoms with Crippen LogP contribution in [0.15, 0.2) is 16.6 Å². The molecular formula is C16H19BrClFN2O3. The molecule has 1 saturated heterocycles. The molecule has 2 rings (SSSR count). The number of carbonyl (C=O) groups is 2. The van der Waals surface area contributed by atoms with Gasteiger partial charge in [0.15, 0.2) is 0 Å². The Kier molecular flexibility index (Phi) is 5.75. The van der Waals surface area contributed by atoms with E-state index in [1.165, 1.54) is 11.0 Å². The standard InChI is InChI=1S/C16H19BrClFN2O3/c1-16(2,3)24-15(23)21-5-4-9(8-21)20-14(22)10-6-12(18)11(17)7-13(10)19/h6-7,9H,4-5,8H2,1-3H3,(H,20,22). The molecule has 1 aliphatic heterocycles. The Bertz CT molecular complexity index is 663. The van der Waals surface area contributed by atoms with Gasteiger partial charge in [-0.05, 0) is 55.3 Å². The van der Waals surface area contributed by atoms with E-state index in [4.69, 9.17) is 16.3 Å². The van der Waals surface area contributed by atoms with Crippen molar-refractivity contribution in [2.24, 2.45) is 0 Å². The summed E-state index contributed by atoms with van der Waals surface area (Å²) in [5.41, 5.74) is -0.700. The van der Waals surface area contributed by atoms with E-state index in [-0.39, 0.29) is 16.6 Å². The number of hydrogen-bond acceptors (Lipinski definition) is 3. The highest BCUT2D eigenvalue weighted by Gasteiger charge is 2.31. The summed E-state index contributed by atoms with van der Waals surface area (Å²) in [7, 11) is 0. The normalized spacial score (nSPS) is 17.8. The van der Waals surface area contributed by atoms with E-state index >= 15 is 0 Å². The first-order chi connectivity index (χ1) is 11.1. The molecule has 0 spiro atoms. The lowest BCUT2D eigenvalue weighted by Gasteiger charge is -2.24. The number of nitrogens with one attached hydrogen (secondary N) is 1. The number of ether oxygens (including phenoxy) is 1. The molecule has 1 atom stereocenters. The predicted octanol–water partition coefficient (Wildman–Crippen LogP) is 3.98. The molecule has 2 amide bonds. The second-order valence-corrected chi connectivity index (χ2v) is 7.89. The van der Waals surface area contributed by atoms with E-state index in [2.05, 4.69) is 21.2 Å². The molecule has 1 aromatic carbocycles. The fourth-order valence-corrected chi connectivity index (χ4v) is 2.81. The SMILES string of the molecule is CC(C)(C)OC(=O)N1CCC(NC(=O)c2cc(Cl)c(Br)cc2F)C1. The van der Waals surface area contributed by atoms with Gasteiger partial charge in [-0.15, -0.1) is 0 Å². The zero-order valence-electron chi connectivity index (χ0n) is 13.7. The van der Waals surface area contributed by atoms with E-state index < -0.39 is 23.4 Å². The largest absolute Gasteiger partial charge is 0.444 e. The van der Waals surface area contributed by atoms with Crippen LogP contribution < -0.4 is 5.32 Å². The summed E-state index contributed by atoms with van der Waals surface area (Å²) in [6.45, 7) is 6.18. The Labute approximate surface area is 153 Å². The van der Waals surface area contributed by atoms with Crippen LogP contribution in [0.3, 0.4) is 0 Å². The van der Waals surface area contributed by atoms with E-state index in [9.17, 15) is 14.0 Å². The molecular weight excluding hydrogens is 403 g/mol. The molecule has 1 N–H and O–H groups in total. The number of rotatable bonds is 2. The fraction of sp³-hybridized carbons (Fsp3) is 0.500. The van der Waals surface area contributed by atoms with Gasteiger partial charge in [0.2, 0.25) is 0 Å². The Balaban J connectivity index is 1.97. The van der Waals surface area contributed by atoms with Gasteiger partial charge in [0.25, 0.3) is 5.91 Å². The predicted molar refractivity (Wildman–Crippen MR) is 92.8 cm³/mol. The van der Waals surface area contributed by atoms with Crippen LogP contribution in [0.4, 0.5) is 9.18 Å². The van der Waals surface area contributed by atoms with Crippen LogP contribution in [0, 0.1) is 5.82 Å². The van der Waals surface area contributed by atoms with Crippen molar-refractivity contribution in [3.63, 3.8) is 0 Å². The summed E-state index contributed by atoms with van der Waals surface area (Å²) >= 11 is 9.01. The third-order valence-electron chi connectivity index (χ3n) is 3.43. The monoisotopic (exact) mass is 420 g/mol. The van der Waals surface area contributed by atoms with Crippen molar-refractivity contribution in [3.05, 3.63) is 33.0 Å². The minimum absolute atomic E-state index is 0.126. The average Bonchev–Trinajstić information content (AvgIpc) is 2.89. The summed E-state index contributed by atoms with van der Waals surface area (Å²) in [5.74, 6) is -1.22. The Morgan fingerprint density at radius 3 is 2.71 bits per heavy atom. The highest BCUT2D eigenvalue weighted by atomic mass is 79.9. The molecule has 0 radical (unpaired) electrons. The topological polar surface area (TPSA) is 58.6 Å². The lowest BCUT2D eigenvalue weighted by Crippen LogP contribution is -2.40. The molecule has 0 saturated carbocycles. The fourth-order valence-electron chi connectivity index (χ4n) is 2.33. The van der Waals surface area contributed by atoms with Gasteiger partial charge < -0.3 is 15.0 Å². The van der Waals surface area contributed by atoms with Crippen molar-refractivity contribution in [1.82, 2.24) is 10.2 Å². The number of nitrogens with zero attached hydrogens (tertiary/aromatic N) is 1. The summed E-state index contributed by atoms with van der Waals surface area (Å²) in [6, 6.07) is 2.17. The molecule has 1 heterocycles. The van der Waals surface area contributed by atoms with Gasteiger partial charge in [0, 0.05) is 23.6 Å². The zero-order chi connectivity index (χ0) is 18.1. The van der Waals surface area contributed by atoms with Crippen LogP contribution in [0.2, 0.25) is 5.02 Å². The van der Waals surface area contributed by atoms with E-state index in [0.29, 0.717) is 24.0 Å². The van der Waals surface area contributed by atoms with Crippen molar-refractivity contribution in [2.75, 3.05) is 13.1 Å². The minimum Gasteiger partial charge on any atom is -0.444 e. The Hall–Kier alpha value is -1.34. The van der Waals surface area contributed by atoms with Gasteiger partial charge in [-0.3, -0.25) is 4.79 Å². The molecule has 132 valence electrons. The Morgan fingerprint density at radius 1 is 1.42 bits per heavy atom. The van der Waals surface area contributed by atoms with Crippen LogP contribution in [-0.2, 0) is 4.74 Å². The second kappa shape index (κ2) is 7.27.